The molecule has 0 aliphatic heterocycles. The zero-order valence-electron chi connectivity index (χ0n) is 7.24. The van der Waals surface area contributed by atoms with Crippen LogP contribution >= 0.6 is 0 Å². The number of hydrogen-bond donors (Lipinski definition) is 4. The molecule has 0 bridgehead atoms. The van der Waals surface area contributed by atoms with Crippen molar-refractivity contribution >= 4 is 0 Å². The van der Waals surface area contributed by atoms with E-state index in [1.807, 2.05) is 0 Å². The predicted octanol–water partition coefficient (Wildman–Crippen LogP) is -0.745. The topological polar surface area (TPSA) is 80.9 Å². The maximum Gasteiger partial charge on any atom is 0.0692 e. The minimum Gasteiger partial charge on any atom is -0.396 e. The summed E-state index contributed by atoms with van der Waals surface area (Å²) in [5.41, 5.74) is -1.01. The molecule has 0 heterocycles. The van der Waals surface area contributed by atoms with Gasteiger partial charge in [0.25, 0.3) is 0 Å². The molecule has 12 heavy (non-hydrogen) atoms. The Balaban J connectivity index is 3.80. The summed E-state index contributed by atoms with van der Waals surface area (Å²) in [6.45, 7) is -0.164. The van der Waals surface area contributed by atoms with Gasteiger partial charge in [0.2, 0.25) is 0 Å². The molecule has 74 valence electrons. The smallest absolute Gasteiger partial charge is 0.0692 e. The van der Waals surface area contributed by atoms with E-state index >= 15 is 0 Å². The third-order valence-corrected chi connectivity index (χ3v) is 1.95. The fourth-order valence-electron chi connectivity index (χ4n) is 1.20. The van der Waals surface area contributed by atoms with E-state index < -0.39 is 5.60 Å². The summed E-state index contributed by atoms with van der Waals surface area (Å²) >= 11 is 0. The van der Waals surface area contributed by atoms with Gasteiger partial charge in [0.1, 0.15) is 0 Å². The molecule has 0 spiro atoms. The van der Waals surface area contributed by atoms with E-state index in [0.717, 1.165) is 0 Å². The van der Waals surface area contributed by atoms with Gasteiger partial charge in [-0.1, -0.05) is 0 Å². The molecule has 4 heteroatoms. The van der Waals surface area contributed by atoms with Crippen LogP contribution in [-0.2, 0) is 0 Å². The summed E-state index contributed by atoms with van der Waals surface area (Å²) < 4.78 is 0. The minimum atomic E-state index is -1.01. The lowest BCUT2D eigenvalue weighted by Gasteiger charge is -2.26. The van der Waals surface area contributed by atoms with E-state index in [9.17, 15) is 5.11 Å². The van der Waals surface area contributed by atoms with Gasteiger partial charge in [0, 0.05) is 19.8 Å². The molecule has 0 rings (SSSR count). The number of rotatable bonds is 7. The first-order valence-corrected chi connectivity index (χ1v) is 4.23. The molecule has 0 aromatic heterocycles. The molecule has 0 aromatic rings. The second-order valence-corrected chi connectivity index (χ2v) is 3.00. The Bertz CT molecular complexity index is 99.2. The molecule has 0 saturated heterocycles. The fraction of sp³-hybridized carbons (Fsp3) is 1.00. The molecular formula is C8H18O4. The predicted molar refractivity (Wildman–Crippen MR) is 44.7 cm³/mol. The van der Waals surface area contributed by atoms with E-state index in [2.05, 4.69) is 0 Å². The molecule has 0 unspecified atom stereocenters. The quantitative estimate of drug-likeness (QED) is 0.414. The van der Waals surface area contributed by atoms with Gasteiger partial charge >= 0.3 is 0 Å². The SMILES string of the molecule is OCCCC(O)(CCO)CCO. The third-order valence-electron chi connectivity index (χ3n) is 1.95. The van der Waals surface area contributed by atoms with Crippen LogP contribution in [0.5, 0.6) is 0 Å². The largest absolute Gasteiger partial charge is 0.396 e. The van der Waals surface area contributed by atoms with Crippen LogP contribution in [0.1, 0.15) is 25.7 Å². The van der Waals surface area contributed by atoms with Crippen molar-refractivity contribution in [3.63, 3.8) is 0 Å². The van der Waals surface area contributed by atoms with Crippen LogP contribution in [0, 0.1) is 0 Å². The summed E-state index contributed by atoms with van der Waals surface area (Å²) in [5, 5.41) is 35.5. The first kappa shape index (κ1) is 11.8. The Morgan fingerprint density at radius 2 is 1.25 bits per heavy atom. The Labute approximate surface area is 72.5 Å². The lowest BCUT2D eigenvalue weighted by atomic mass is 9.91. The summed E-state index contributed by atoms with van der Waals surface area (Å²) in [4.78, 5) is 0. The van der Waals surface area contributed by atoms with Crippen molar-refractivity contribution in [3.8, 4) is 0 Å². The molecule has 0 radical (unpaired) electrons. The Kier molecular flexibility index (Phi) is 6.28. The number of aliphatic hydroxyl groups excluding tert-OH is 3. The first-order chi connectivity index (χ1) is 5.68. The van der Waals surface area contributed by atoms with Crippen molar-refractivity contribution in [2.75, 3.05) is 19.8 Å². The fourth-order valence-corrected chi connectivity index (χ4v) is 1.20. The van der Waals surface area contributed by atoms with Gasteiger partial charge < -0.3 is 20.4 Å². The zero-order chi connectivity index (χ0) is 9.45. The molecule has 0 aromatic carbocycles. The van der Waals surface area contributed by atoms with Crippen LogP contribution in [0.4, 0.5) is 0 Å². The summed E-state index contributed by atoms with van der Waals surface area (Å²) in [5.74, 6) is 0. The van der Waals surface area contributed by atoms with Crippen LogP contribution in [0.2, 0.25) is 0 Å². The van der Waals surface area contributed by atoms with Crippen molar-refractivity contribution in [1.29, 1.82) is 0 Å². The van der Waals surface area contributed by atoms with Gasteiger partial charge in [-0.25, -0.2) is 0 Å². The highest BCUT2D eigenvalue weighted by Crippen LogP contribution is 2.20. The van der Waals surface area contributed by atoms with Crippen molar-refractivity contribution in [1.82, 2.24) is 0 Å². The average molecular weight is 178 g/mol. The number of hydrogen-bond acceptors (Lipinski definition) is 4. The van der Waals surface area contributed by atoms with Gasteiger partial charge in [0.05, 0.1) is 5.60 Å². The average Bonchev–Trinajstić information content (AvgIpc) is 2.02. The summed E-state index contributed by atoms with van der Waals surface area (Å²) in [6, 6.07) is 0. The minimum absolute atomic E-state index is 0.0270. The molecule has 4 nitrogen and oxygen atoms in total. The van der Waals surface area contributed by atoms with Crippen molar-refractivity contribution in [3.05, 3.63) is 0 Å². The molecule has 0 amide bonds. The van der Waals surface area contributed by atoms with Gasteiger partial charge in [-0.2, -0.15) is 0 Å². The van der Waals surface area contributed by atoms with E-state index in [-0.39, 0.29) is 32.7 Å². The molecular weight excluding hydrogens is 160 g/mol. The monoisotopic (exact) mass is 178 g/mol. The molecule has 0 atom stereocenters. The van der Waals surface area contributed by atoms with E-state index in [1.54, 1.807) is 0 Å². The van der Waals surface area contributed by atoms with Crippen LogP contribution in [-0.4, -0.2) is 45.8 Å². The second-order valence-electron chi connectivity index (χ2n) is 3.00. The van der Waals surface area contributed by atoms with Crippen LogP contribution in [0.15, 0.2) is 0 Å². The van der Waals surface area contributed by atoms with E-state index in [4.69, 9.17) is 15.3 Å². The second kappa shape index (κ2) is 6.37. The lowest BCUT2D eigenvalue weighted by molar-refractivity contribution is -0.0164. The van der Waals surface area contributed by atoms with Crippen molar-refractivity contribution in [2.45, 2.75) is 31.3 Å². The highest BCUT2D eigenvalue weighted by Gasteiger charge is 2.24. The lowest BCUT2D eigenvalue weighted by Crippen LogP contribution is -2.31. The van der Waals surface area contributed by atoms with E-state index in [1.165, 1.54) is 0 Å². The Morgan fingerprint density at radius 1 is 0.750 bits per heavy atom. The van der Waals surface area contributed by atoms with Gasteiger partial charge in [-0.15, -0.1) is 0 Å². The Hall–Kier alpha value is -0.160. The van der Waals surface area contributed by atoms with Gasteiger partial charge in [-0.3, -0.25) is 0 Å². The molecule has 0 aliphatic carbocycles. The summed E-state index contributed by atoms with van der Waals surface area (Å²) in [7, 11) is 0. The highest BCUT2D eigenvalue weighted by molar-refractivity contribution is 4.77. The molecule has 0 saturated carbocycles. The molecule has 0 aliphatic rings. The first-order valence-electron chi connectivity index (χ1n) is 4.23. The van der Waals surface area contributed by atoms with Crippen molar-refractivity contribution < 1.29 is 20.4 Å². The maximum absolute atomic E-state index is 9.71. The van der Waals surface area contributed by atoms with Crippen LogP contribution in [0.25, 0.3) is 0 Å². The van der Waals surface area contributed by atoms with Crippen LogP contribution in [0.3, 0.4) is 0 Å². The Morgan fingerprint density at radius 3 is 1.58 bits per heavy atom. The molecule has 0 fully saturated rings. The van der Waals surface area contributed by atoms with Crippen LogP contribution < -0.4 is 0 Å². The maximum atomic E-state index is 9.71. The molecule has 4 N–H and O–H groups in total. The summed E-state index contributed by atoms with van der Waals surface area (Å²) in [6.07, 6.45) is 1.43. The van der Waals surface area contributed by atoms with Gasteiger partial charge in [0.15, 0.2) is 0 Å². The van der Waals surface area contributed by atoms with E-state index in [0.29, 0.717) is 12.8 Å². The number of aliphatic hydroxyl groups is 4. The standard InChI is InChI=1S/C8H18O4/c9-5-1-2-8(12,3-6-10)4-7-11/h9-12H,1-7H2. The highest BCUT2D eigenvalue weighted by atomic mass is 16.3. The third kappa shape index (κ3) is 4.66. The zero-order valence-corrected chi connectivity index (χ0v) is 7.24. The van der Waals surface area contributed by atoms with Crippen molar-refractivity contribution in [2.24, 2.45) is 0 Å². The normalized spacial score (nSPS) is 12.0. The van der Waals surface area contributed by atoms with Gasteiger partial charge in [-0.05, 0) is 25.7 Å².